The lowest BCUT2D eigenvalue weighted by molar-refractivity contribution is 0.0931. The molecular formula is C23H22N4OS2. The molecule has 1 aliphatic rings. The molecule has 0 bridgehead atoms. The van der Waals surface area contributed by atoms with Crippen LogP contribution >= 0.6 is 23.1 Å². The van der Waals surface area contributed by atoms with E-state index in [0.29, 0.717) is 11.5 Å². The molecule has 1 aliphatic carbocycles. The number of hydrogen-bond donors (Lipinski definition) is 1. The van der Waals surface area contributed by atoms with Crippen molar-refractivity contribution in [1.82, 2.24) is 19.7 Å². The van der Waals surface area contributed by atoms with Gasteiger partial charge in [-0.2, -0.15) is 0 Å². The fraction of sp³-hybridized carbons (Fsp3) is 0.261. The van der Waals surface area contributed by atoms with E-state index in [1.807, 2.05) is 59.3 Å². The van der Waals surface area contributed by atoms with E-state index in [1.165, 1.54) is 4.88 Å². The first-order valence-electron chi connectivity index (χ1n) is 10.0. The average Bonchev–Trinajstić information content (AvgIpc) is 3.37. The fourth-order valence-electron chi connectivity index (χ4n) is 3.47. The number of amides is 1. The normalized spacial score (nSPS) is 14.7. The average molecular weight is 435 g/mol. The number of hydrogen-bond acceptors (Lipinski definition) is 5. The van der Waals surface area contributed by atoms with Crippen LogP contribution in [-0.2, 0) is 5.75 Å². The lowest BCUT2D eigenvalue weighted by atomic mass is 10.1. The summed E-state index contributed by atoms with van der Waals surface area (Å²) in [5.41, 5.74) is 2.69. The molecule has 5 rings (SSSR count). The van der Waals surface area contributed by atoms with Gasteiger partial charge in [-0.1, -0.05) is 6.07 Å². The zero-order chi connectivity index (χ0) is 20.5. The minimum Gasteiger partial charge on any atom is -0.343 e. The van der Waals surface area contributed by atoms with Crippen LogP contribution in [0.15, 0.2) is 66.0 Å². The number of carbonyl (C=O) groups is 1. The SMILES string of the molecule is Cc1cnc([C@@H](NC(=O)c2ccc(SCc3cn4ccccc4n3)cc2)C2CC2)s1. The Labute approximate surface area is 183 Å². The first-order chi connectivity index (χ1) is 14.7. The second-order valence-electron chi connectivity index (χ2n) is 7.61. The number of thioether (sulfide) groups is 1. The van der Waals surface area contributed by atoms with Crippen LogP contribution < -0.4 is 5.32 Å². The first-order valence-corrected chi connectivity index (χ1v) is 11.8. The van der Waals surface area contributed by atoms with Crippen molar-refractivity contribution in [3.63, 3.8) is 0 Å². The summed E-state index contributed by atoms with van der Waals surface area (Å²) >= 11 is 3.39. The molecule has 0 saturated heterocycles. The van der Waals surface area contributed by atoms with Gasteiger partial charge in [-0.3, -0.25) is 4.79 Å². The molecule has 1 aromatic carbocycles. The number of nitrogens with one attached hydrogen (secondary N) is 1. The molecule has 0 aliphatic heterocycles. The predicted molar refractivity (Wildman–Crippen MR) is 121 cm³/mol. The van der Waals surface area contributed by atoms with Crippen LogP contribution in [0.4, 0.5) is 0 Å². The highest BCUT2D eigenvalue weighted by molar-refractivity contribution is 7.98. The summed E-state index contributed by atoms with van der Waals surface area (Å²) in [6.07, 6.45) is 8.26. The van der Waals surface area contributed by atoms with E-state index in [1.54, 1.807) is 23.1 Å². The number of thiazole rings is 1. The Morgan fingerprint density at radius 1 is 1.27 bits per heavy atom. The van der Waals surface area contributed by atoms with Crippen molar-refractivity contribution < 1.29 is 4.79 Å². The van der Waals surface area contributed by atoms with Crippen molar-refractivity contribution in [2.45, 2.75) is 36.5 Å². The van der Waals surface area contributed by atoms with Gasteiger partial charge in [0, 0.05) is 39.7 Å². The van der Waals surface area contributed by atoms with Gasteiger partial charge in [0.25, 0.3) is 5.91 Å². The predicted octanol–water partition coefficient (Wildman–Crippen LogP) is 5.27. The summed E-state index contributed by atoms with van der Waals surface area (Å²) in [5, 5.41) is 4.22. The summed E-state index contributed by atoms with van der Waals surface area (Å²) in [5.74, 6) is 1.27. The van der Waals surface area contributed by atoms with Crippen LogP contribution in [0.3, 0.4) is 0 Å². The maximum Gasteiger partial charge on any atom is 0.251 e. The summed E-state index contributed by atoms with van der Waals surface area (Å²) in [4.78, 5) is 24.2. The molecule has 152 valence electrons. The van der Waals surface area contributed by atoms with Crippen molar-refractivity contribution >= 4 is 34.7 Å². The van der Waals surface area contributed by atoms with Gasteiger partial charge in [0.1, 0.15) is 10.7 Å². The van der Waals surface area contributed by atoms with Gasteiger partial charge in [0.15, 0.2) is 0 Å². The Balaban J connectivity index is 1.22. The number of carbonyl (C=O) groups excluding carboxylic acids is 1. The van der Waals surface area contributed by atoms with E-state index in [4.69, 9.17) is 0 Å². The van der Waals surface area contributed by atoms with E-state index < -0.39 is 0 Å². The van der Waals surface area contributed by atoms with Crippen molar-refractivity contribution in [3.05, 3.63) is 82.2 Å². The van der Waals surface area contributed by atoms with Gasteiger partial charge in [0.2, 0.25) is 0 Å². The monoisotopic (exact) mass is 434 g/mol. The molecule has 30 heavy (non-hydrogen) atoms. The Morgan fingerprint density at radius 3 is 2.80 bits per heavy atom. The van der Waals surface area contributed by atoms with Crippen molar-refractivity contribution in [2.75, 3.05) is 0 Å². The van der Waals surface area contributed by atoms with Gasteiger partial charge >= 0.3 is 0 Å². The van der Waals surface area contributed by atoms with Gasteiger partial charge in [-0.25, -0.2) is 9.97 Å². The van der Waals surface area contributed by atoms with Gasteiger partial charge in [0.05, 0.1) is 11.7 Å². The zero-order valence-electron chi connectivity index (χ0n) is 16.6. The third-order valence-corrected chi connectivity index (χ3v) is 7.24. The molecule has 0 radical (unpaired) electrons. The summed E-state index contributed by atoms with van der Waals surface area (Å²) < 4.78 is 2.03. The zero-order valence-corrected chi connectivity index (χ0v) is 18.2. The van der Waals surface area contributed by atoms with Crippen molar-refractivity contribution in [1.29, 1.82) is 0 Å². The highest BCUT2D eigenvalue weighted by Gasteiger charge is 2.35. The Morgan fingerprint density at radius 2 is 2.10 bits per heavy atom. The number of imidazole rings is 1. The number of rotatable bonds is 7. The standard InChI is InChI=1S/C23H22N4OS2/c1-15-12-24-23(30-15)21(16-5-6-16)26-22(28)17-7-9-19(10-8-17)29-14-18-13-27-11-3-2-4-20(27)25-18/h2-4,7-13,16,21H,5-6,14H2,1H3,(H,26,28)/t21-/m0/s1. The number of aryl methyl sites for hydroxylation is 1. The van der Waals surface area contributed by atoms with Gasteiger partial charge in [-0.15, -0.1) is 23.1 Å². The molecule has 3 heterocycles. The number of fused-ring (bicyclic) bond motifs is 1. The van der Waals surface area contributed by atoms with Crippen LogP contribution in [-0.4, -0.2) is 20.3 Å². The summed E-state index contributed by atoms with van der Waals surface area (Å²) in [6.45, 7) is 2.05. The minimum absolute atomic E-state index is 0.0281. The minimum atomic E-state index is -0.0309. The number of nitrogens with zero attached hydrogens (tertiary/aromatic N) is 3. The molecule has 1 amide bonds. The number of benzene rings is 1. The number of pyridine rings is 1. The van der Waals surface area contributed by atoms with Crippen molar-refractivity contribution in [3.8, 4) is 0 Å². The molecule has 1 saturated carbocycles. The molecule has 4 aromatic rings. The molecule has 0 unspecified atom stereocenters. The van der Waals surface area contributed by atoms with Crippen LogP contribution in [0.1, 0.15) is 44.8 Å². The number of aromatic nitrogens is 3. The topological polar surface area (TPSA) is 59.3 Å². The molecule has 7 heteroatoms. The molecule has 0 spiro atoms. The molecule has 1 atom stereocenters. The quantitative estimate of drug-likeness (QED) is 0.403. The third-order valence-electron chi connectivity index (χ3n) is 5.20. The first kappa shape index (κ1) is 19.3. The second kappa shape index (κ2) is 8.24. The van der Waals surface area contributed by atoms with E-state index in [0.717, 1.165) is 39.8 Å². The molecule has 1 fully saturated rings. The Hall–Kier alpha value is -2.64. The van der Waals surface area contributed by atoms with Crippen LogP contribution in [0.5, 0.6) is 0 Å². The molecule has 5 nitrogen and oxygen atoms in total. The van der Waals surface area contributed by atoms with Gasteiger partial charge < -0.3 is 9.72 Å². The van der Waals surface area contributed by atoms with Crippen molar-refractivity contribution in [2.24, 2.45) is 5.92 Å². The maximum atomic E-state index is 12.8. The van der Waals surface area contributed by atoms with E-state index in [2.05, 4.69) is 28.4 Å². The second-order valence-corrected chi connectivity index (χ2v) is 9.92. The summed E-state index contributed by atoms with van der Waals surface area (Å²) in [7, 11) is 0. The molecule has 1 N–H and O–H groups in total. The van der Waals surface area contributed by atoms with E-state index in [9.17, 15) is 4.79 Å². The van der Waals surface area contributed by atoms with Crippen LogP contribution in [0.25, 0.3) is 5.65 Å². The Kier molecular flexibility index (Phi) is 5.31. The van der Waals surface area contributed by atoms with Crippen LogP contribution in [0.2, 0.25) is 0 Å². The lowest BCUT2D eigenvalue weighted by Gasteiger charge is -2.16. The lowest BCUT2D eigenvalue weighted by Crippen LogP contribution is -2.29. The van der Waals surface area contributed by atoms with E-state index >= 15 is 0 Å². The van der Waals surface area contributed by atoms with Crippen LogP contribution in [0, 0.1) is 12.8 Å². The van der Waals surface area contributed by atoms with Gasteiger partial charge in [-0.05, 0) is 62.1 Å². The molecule has 3 aromatic heterocycles. The smallest absolute Gasteiger partial charge is 0.251 e. The maximum absolute atomic E-state index is 12.8. The molecular weight excluding hydrogens is 412 g/mol. The van der Waals surface area contributed by atoms with E-state index in [-0.39, 0.29) is 11.9 Å². The largest absolute Gasteiger partial charge is 0.343 e. The summed E-state index contributed by atoms with van der Waals surface area (Å²) in [6, 6.07) is 13.8. The fourth-order valence-corrected chi connectivity index (χ4v) is 5.17. The third kappa shape index (κ3) is 4.27. The Bertz CT molecular complexity index is 1140. The highest BCUT2D eigenvalue weighted by atomic mass is 32.2. The highest BCUT2D eigenvalue weighted by Crippen LogP contribution is 2.42.